The Labute approximate surface area is 147 Å². The second-order valence-electron chi connectivity index (χ2n) is 6.91. The minimum atomic E-state index is -0.328. The Morgan fingerprint density at radius 1 is 0.577 bits per heavy atom. The minimum absolute atomic E-state index is 0.105. The molecule has 0 spiro atoms. The van der Waals surface area contributed by atoms with Crippen LogP contribution in [0.25, 0.3) is 0 Å². The van der Waals surface area contributed by atoms with Crippen molar-refractivity contribution in [2.75, 3.05) is 0 Å². The van der Waals surface area contributed by atoms with Gasteiger partial charge in [0.05, 0.1) is 0 Å². The maximum absolute atomic E-state index is 13.1. The maximum Gasteiger partial charge on any atom is 0.193 e. The lowest BCUT2D eigenvalue weighted by atomic mass is 9.62. The Morgan fingerprint density at radius 2 is 0.923 bits per heavy atom. The van der Waals surface area contributed by atoms with Gasteiger partial charge in [0.2, 0.25) is 0 Å². The van der Waals surface area contributed by atoms with Crippen LogP contribution >= 0.6 is 0 Å². The molecule has 0 aliphatic heterocycles. The number of benzene rings is 3. The highest BCUT2D eigenvalue weighted by Crippen LogP contribution is 2.52. The average Bonchev–Trinajstić information content (AvgIpc) is 2.65. The first-order valence-electron chi connectivity index (χ1n) is 8.34. The van der Waals surface area contributed by atoms with E-state index in [4.69, 9.17) is 0 Å². The third kappa shape index (κ3) is 1.33. The maximum atomic E-state index is 13.1. The van der Waals surface area contributed by atoms with E-state index in [1.165, 1.54) is 12.1 Å². The molecular weight excluding hydrogens is 328 g/mol. The highest BCUT2D eigenvalue weighted by atomic mass is 16.3. The van der Waals surface area contributed by atoms with E-state index in [1.54, 1.807) is 36.4 Å². The lowest BCUT2D eigenvalue weighted by Crippen LogP contribution is -2.34. The van der Waals surface area contributed by atoms with Gasteiger partial charge in [-0.3, -0.25) is 14.4 Å². The van der Waals surface area contributed by atoms with E-state index < -0.39 is 0 Å². The van der Waals surface area contributed by atoms with Gasteiger partial charge in [-0.2, -0.15) is 0 Å². The summed E-state index contributed by atoms with van der Waals surface area (Å²) in [5.41, 5.74) is 4.66. The van der Waals surface area contributed by atoms with Crippen LogP contribution in [0.3, 0.4) is 0 Å². The predicted molar refractivity (Wildman–Crippen MR) is 92.2 cm³/mol. The van der Waals surface area contributed by atoms with Crippen molar-refractivity contribution in [3.05, 3.63) is 98.6 Å². The molecule has 4 heteroatoms. The molecule has 26 heavy (non-hydrogen) atoms. The van der Waals surface area contributed by atoms with E-state index in [0.717, 1.165) is 0 Å². The Bertz CT molecular complexity index is 1160. The fourth-order valence-corrected chi connectivity index (χ4v) is 4.74. The molecule has 0 radical (unpaired) electrons. The number of phenols is 1. The number of carbonyl (C=O) groups is 3. The molecule has 0 fully saturated rings. The predicted octanol–water partition coefficient (Wildman–Crippen LogP) is 3.21. The van der Waals surface area contributed by atoms with Crippen molar-refractivity contribution in [1.82, 2.24) is 0 Å². The number of hydrogen-bond donors (Lipinski definition) is 1. The van der Waals surface area contributed by atoms with Gasteiger partial charge in [0.1, 0.15) is 5.75 Å². The van der Waals surface area contributed by atoms with Crippen molar-refractivity contribution in [3.63, 3.8) is 0 Å². The molecule has 3 aromatic rings. The Kier molecular flexibility index (Phi) is 2.20. The Balaban J connectivity index is 1.88. The largest absolute Gasteiger partial charge is 0.508 e. The molecule has 0 saturated heterocycles. The smallest absolute Gasteiger partial charge is 0.193 e. The summed E-state index contributed by atoms with van der Waals surface area (Å²) in [5, 5.41) is 10.1. The van der Waals surface area contributed by atoms with Crippen LogP contribution in [0.4, 0.5) is 0 Å². The van der Waals surface area contributed by atoms with Crippen LogP contribution in [0.2, 0.25) is 0 Å². The van der Waals surface area contributed by atoms with E-state index >= 15 is 0 Å². The van der Waals surface area contributed by atoms with Gasteiger partial charge in [-0.1, -0.05) is 36.4 Å². The summed E-state index contributed by atoms with van der Waals surface area (Å²) in [6, 6.07) is 13.2. The summed E-state index contributed by atoms with van der Waals surface area (Å²) in [6.45, 7) is 0. The molecule has 122 valence electrons. The number of phenolic OH excluding ortho intramolecular Hbond substituents is 1. The normalized spacial score (nSPS) is 15.9. The zero-order chi connectivity index (χ0) is 17.7. The van der Waals surface area contributed by atoms with Gasteiger partial charge in [-0.05, 0) is 28.8 Å². The van der Waals surface area contributed by atoms with Crippen LogP contribution in [0.1, 0.15) is 70.4 Å². The summed E-state index contributed by atoms with van der Waals surface area (Å²) >= 11 is 0. The lowest BCUT2D eigenvalue weighted by molar-refractivity contribution is 0.102. The van der Waals surface area contributed by atoms with Gasteiger partial charge in [-0.25, -0.2) is 0 Å². The van der Waals surface area contributed by atoms with Crippen LogP contribution in [0.15, 0.2) is 48.5 Å². The third-order valence-corrected chi connectivity index (χ3v) is 5.71. The molecule has 3 aliphatic rings. The molecule has 0 bridgehead atoms. The second kappa shape index (κ2) is 4.17. The summed E-state index contributed by atoms with van der Waals surface area (Å²) in [5.74, 6) is -1.10. The molecule has 0 atom stereocenters. The quantitative estimate of drug-likeness (QED) is 0.462. The summed E-state index contributed by atoms with van der Waals surface area (Å²) in [4.78, 5) is 39.2. The van der Waals surface area contributed by atoms with Crippen LogP contribution in [-0.4, -0.2) is 22.5 Å². The van der Waals surface area contributed by atoms with Crippen LogP contribution in [-0.2, 0) is 0 Å². The molecule has 3 aromatic carbocycles. The highest BCUT2D eigenvalue weighted by Gasteiger charge is 2.46. The minimum Gasteiger partial charge on any atom is -0.508 e. The average molecular weight is 338 g/mol. The molecule has 6 rings (SSSR count). The van der Waals surface area contributed by atoms with Crippen molar-refractivity contribution in [2.45, 2.75) is 5.92 Å². The number of aromatic hydroxyl groups is 1. The number of ketones is 3. The summed E-state index contributed by atoms with van der Waals surface area (Å²) in [6.07, 6.45) is 0. The zero-order valence-corrected chi connectivity index (χ0v) is 13.4. The number of carbonyl (C=O) groups excluding carboxylic acids is 3. The van der Waals surface area contributed by atoms with E-state index in [-0.39, 0.29) is 29.0 Å². The molecule has 3 aliphatic carbocycles. The van der Waals surface area contributed by atoms with Crippen molar-refractivity contribution in [2.24, 2.45) is 0 Å². The molecule has 0 saturated carbocycles. The fourth-order valence-electron chi connectivity index (χ4n) is 4.74. The molecule has 0 unspecified atom stereocenters. The van der Waals surface area contributed by atoms with Gasteiger partial charge in [-0.15, -0.1) is 0 Å². The molecular formula is C22H10O4. The number of hydrogen-bond acceptors (Lipinski definition) is 4. The van der Waals surface area contributed by atoms with Crippen LogP contribution in [0, 0.1) is 0 Å². The zero-order valence-electron chi connectivity index (χ0n) is 13.4. The van der Waals surface area contributed by atoms with Crippen molar-refractivity contribution < 1.29 is 19.5 Å². The third-order valence-electron chi connectivity index (χ3n) is 5.71. The molecule has 4 nitrogen and oxygen atoms in total. The second-order valence-corrected chi connectivity index (χ2v) is 6.91. The molecule has 0 aromatic heterocycles. The van der Waals surface area contributed by atoms with Gasteiger partial charge in [0, 0.05) is 39.3 Å². The first-order valence-corrected chi connectivity index (χ1v) is 8.34. The first-order chi connectivity index (χ1) is 12.6. The molecule has 1 N–H and O–H groups in total. The van der Waals surface area contributed by atoms with Gasteiger partial charge >= 0.3 is 0 Å². The van der Waals surface area contributed by atoms with E-state index in [2.05, 4.69) is 0 Å². The Morgan fingerprint density at radius 3 is 1.35 bits per heavy atom. The fraction of sp³-hybridized carbons (Fsp3) is 0.0455. The number of rotatable bonds is 0. The highest BCUT2D eigenvalue weighted by molar-refractivity contribution is 6.25. The van der Waals surface area contributed by atoms with E-state index in [1.807, 2.05) is 0 Å². The SMILES string of the molecule is O=C1c2cccc3c2C2c4c1cccc4C(=O)c1cc(O)cc(c12)C3=O. The van der Waals surface area contributed by atoms with Crippen LogP contribution < -0.4 is 0 Å². The van der Waals surface area contributed by atoms with Gasteiger partial charge in [0.25, 0.3) is 0 Å². The summed E-state index contributed by atoms with van der Waals surface area (Å²) in [7, 11) is 0. The monoisotopic (exact) mass is 338 g/mol. The van der Waals surface area contributed by atoms with Crippen molar-refractivity contribution in [1.29, 1.82) is 0 Å². The standard InChI is InChI=1S/C22H10O4/c23-9-7-14-18-15(8-9)22(26)13-6-2-4-11-17(13)19(18)16-10(20(11)24)3-1-5-12(16)21(14)25/h1-8,19,23H. The van der Waals surface area contributed by atoms with Crippen molar-refractivity contribution in [3.8, 4) is 5.75 Å². The molecule has 0 heterocycles. The lowest BCUT2D eigenvalue weighted by Gasteiger charge is -2.38. The van der Waals surface area contributed by atoms with Gasteiger partial charge in [0.15, 0.2) is 17.3 Å². The van der Waals surface area contributed by atoms with Crippen LogP contribution in [0.5, 0.6) is 5.75 Å². The van der Waals surface area contributed by atoms with Gasteiger partial charge < -0.3 is 5.11 Å². The topological polar surface area (TPSA) is 71.4 Å². The summed E-state index contributed by atoms with van der Waals surface area (Å²) < 4.78 is 0. The first kappa shape index (κ1) is 13.7. The van der Waals surface area contributed by atoms with E-state index in [0.29, 0.717) is 50.1 Å². The van der Waals surface area contributed by atoms with Crippen molar-refractivity contribution >= 4 is 17.3 Å². The Hall–Kier alpha value is -3.53. The van der Waals surface area contributed by atoms with E-state index in [9.17, 15) is 19.5 Å². The molecule has 0 amide bonds.